The molecule has 1 aliphatic heterocycles. The Bertz CT molecular complexity index is 1040. The minimum absolute atomic E-state index is 0.255. The van der Waals surface area contributed by atoms with Crippen LogP contribution >= 0.6 is 0 Å². The zero-order chi connectivity index (χ0) is 45.3. The third-order valence-electron chi connectivity index (χ3n) is 12.7. The van der Waals surface area contributed by atoms with Gasteiger partial charge < -0.3 is 45.4 Å². The van der Waals surface area contributed by atoms with Crippen LogP contribution in [0.4, 0.5) is 0 Å². The summed E-state index contributed by atoms with van der Waals surface area (Å²) in [6.07, 6.45) is 41.0. The maximum absolute atomic E-state index is 13.1. The molecular weight excluding hydrogens is 783 g/mol. The van der Waals surface area contributed by atoms with Gasteiger partial charge in [-0.25, -0.2) is 0 Å². The van der Waals surface area contributed by atoms with E-state index in [0.29, 0.717) is 12.8 Å². The molecule has 0 bridgehead atoms. The van der Waals surface area contributed by atoms with Gasteiger partial charge in [-0.2, -0.15) is 0 Å². The lowest BCUT2D eigenvalue weighted by Gasteiger charge is -2.40. The Hall–Kier alpha value is -1.37. The van der Waals surface area contributed by atoms with Gasteiger partial charge in [0, 0.05) is 0 Å². The Labute approximate surface area is 380 Å². The van der Waals surface area contributed by atoms with Gasteiger partial charge >= 0.3 is 0 Å². The lowest BCUT2D eigenvalue weighted by atomic mass is 9.99. The van der Waals surface area contributed by atoms with E-state index in [1.807, 2.05) is 0 Å². The Morgan fingerprint density at radius 2 is 0.952 bits per heavy atom. The van der Waals surface area contributed by atoms with Crippen LogP contribution in [0.2, 0.25) is 0 Å². The van der Waals surface area contributed by atoms with Crippen molar-refractivity contribution in [3.8, 4) is 0 Å². The molecule has 8 atom stereocenters. The second-order valence-corrected chi connectivity index (χ2v) is 18.5. The largest absolute Gasteiger partial charge is 0.394 e. The molecular formula is C52H99NO9. The van der Waals surface area contributed by atoms with Gasteiger partial charge in [0.05, 0.1) is 25.4 Å². The molecule has 1 fully saturated rings. The molecule has 8 unspecified atom stereocenters. The highest BCUT2D eigenvalue weighted by atomic mass is 16.7. The summed E-state index contributed by atoms with van der Waals surface area (Å²) in [5.41, 5.74) is 0. The predicted octanol–water partition coefficient (Wildman–Crippen LogP) is 10.8. The quantitative estimate of drug-likeness (QED) is 0.0233. The van der Waals surface area contributed by atoms with Gasteiger partial charge in [-0.3, -0.25) is 4.79 Å². The van der Waals surface area contributed by atoms with Crippen molar-refractivity contribution in [1.29, 1.82) is 0 Å². The molecule has 1 heterocycles. The molecule has 0 radical (unpaired) electrons. The van der Waals surface area contributed by atoms with Crippen LogP contribution in [-0.4, -0.2) is 98.7 Å². The Balaban J connectivity index is 2.23. The summed E-state index contributed by atoms with van der Waals surface area (Å²) in [5.74, 6) is -0.586. The Morgan fingerprint density at radius 1 is 0.548 bits per heavy atom. The number of rotatable bonds is 44. The molecule has 1 aliphatic rings. The van der Waals surface area contributed by atoms with Crippen molar-refractivity contribution in [3.05, 3.63) is 24.3 Å². The van der Waals surface area contributed by atoms with E-state index in [-0.39, 0.29) is 6.61 Å². The summed E-state index contributed by atoms with van der Waals surface area (Å²) >= 11 is 0. The normalized spacial score (nSPS) is 20.9. The second-order valence-electron chi connectivity index (χ2n) is 18.5. The first-order valence-corrected chi connectivity index (χ1v) is 26.1. The monoisotopic (exact) mass is 882 g/mol. The molecule has 10 nitrogen and oxygen atoms in total. The van der Waals surface area contributed by atoms with Gasteiger partial charge in [0.2, 0.25) is 5.91 Å². The van der Waals surface area contributed by atoms with Crippen LogP contribution in [-0.2, 0) is 14.3 Å². The van der Waals surface area contributed by atoms with Crippen LogP contribution < -0.4 is 5.32 Å². The van der Waals surface area contributed by atoms with Crippen molar-refractivity contribution in [2.45, 2.75) is 288 Å². The molecule has 10 heteroatoms. The lowest BCUT2D eigenvalue weighted by Crippen LogP contribution is -2.60. The number of ether oxygens (including phenoxy) is 2. The van der Waals surface area contributed by atoms with E-state index in [0.717, 1.165) is 57.8 Å². The van der Waals surface area contributed by atoms with Crippen LogP contribution in [0.15, 0.2) is 24.3 Å². The van der Waals surface area contributed by atoms with E-state index < -0.39 is 61.5 Å². The number of aliphatic hydroxyl groups excluding tert-OH is 6. The Morgan fingerprint density at radius 3 is 1.39 bits per heavy atom. The fourth-order valence-electron chi connectivity index (χ4n) is 8.38. The van der Waals surface area contributed by atoms with E-state index in [1.165, 1.54) is 154 Å². The standard InChI is InChI=1S/C52H99NO9/c1-3-5-7-9-11-13-15-16-17-18-19-20-21-22-23-24-25-26-27-28-29-31-33-35-37-39-41-46(56)51(60)53-44(43-61-52-50(59)49(58)48(57)47(42-54)62-52)45(55)40-38-36-34-32-30-14-12-10-8-6-4-2/h19-20,22-23,44-50,52,54-59H,3-18,21,24-43H2,1-2H3,(H,53,60)/b20-19-,23-22-. The molecule has 0 aliphatic carbocycles. The van der Waals surface area contributed by atoms with Gasteiger partial charge in [-0.05, 0) is 44.9 Å². The maximum Gasteiger partial charge on any atom is 0.249 e. The third-order valence-corrected chi connectivity index (χ3v) is 12.7. The number of unbranched alkanes of at least 4 members (excludes halogenated alkanes) is 29. The number of aliphatic hydroxyl groups is 6. The smallest absolute Gasteiger partial charge is 0.249 e. The molecule has 0 saturated carbocycles. The zero-order valence-electron chi connectivity index (χ0n) is 40.0. The van der Waals surface area contributed by atoms with Crippen molar-refractivity contribution in [3.63, 3.8) is 0 Å². The van der Waals surface area contributed by atoms with E-state index in [1.54, 1.807) is 0 Å². The van der Waals surface area contributed by atoms with Crippen molar-refractivity contribution >= 4 is 5.91 Å². The van der Waals surface area contributed by atoms with Crippen LogP contribution in [0, 0.1) is 0 Å². The molecule has 0 aromatic rings. The van der Waals surface area contributed by atoms with Crippen molar-refractivity contribution < 1.29 is 44.9 Å². The molecule has 62 heavy (non-hydrogen) atoms. The van der Waals surface area contributed by atoms with E-state index in [2.05, 4.69) is 43.5 Å². The maximum atomic E-state index is 13.1. The average molecular weight is 882 g/mol. The van der Waals surface area contributed by atoms with Crippen LogP contribution in [0.5, 0.6) is 0 Å². The van der Waals surface area contributed by atoms with Gasteiger partial charge in [0.1, 0.15) is 30.5 Å². The summed E-state index contributed by atoms with van der Waals surface area (Å²) < 4.78 is 11.2. The highest BCUT2D eigenvalue weighted by Crippen LogP contribution is 2.23. The van der Waals surface area contributed by atoms with Gasteiger partial charge in [0.25, 0.3) is 0 Å². The summed E-state index contributed by atoms with van der Waals surface area (Å²) in [6, 6.07) is -0.893. The summed E-state index contributed by atoms with van der Waals surface area (Å²) in [5, 5.41) is 64.9. The minimum Gasteiger partial charge on any atom is -0.394 e. The van der Waals surface area contributed by atoms with Crippen LogP contribution in [0.3, 0.4) is 0 Å². The number of carbonyl (C=O) groups excluding carboxylic acids is 1. The van der Waals surface area contributed by atoms with Gasteiger partial charge in [0.15, 0.2) is 6.29 Å². The molecule has 1 rings (SSSR count). The summed E-state index contributed by atoms with van der Waals surface area (Å²) in [4.78, 5) is 13.1. The molecule has 1 saturated heterocycles. The molecule has 1 amide bonds. The number of amides is 1. The molecule has 0 aromatic heterocycles. The summed E-state index contributed by atoms with van der Waals surface area (Å²) in [7, 11) is 0. The first-order chi connectivity index (χ1) is 30.3. The van der Waals surface area contributed by atoms with Crippen molar-refractivity contribution in [2.24, 2.45) is 0 Å². The van der Waals surface area contributed by atoms with E-state index in [9.17, 15) is 35.4 Å². The topological polar surface area (TPSA) is 169 Å². The SMILES string of the molecule is CCCCCCCCCCC/C=C\C/C=C\CCCCCCCCCCCCC(O)C(=O)NC(COC1OC(CO)C(O)C(O)C1O)C(O)CCCCCCCCCCCCC. The zero-order valence-corrected chi connectivity index (χ0v) is 40.0. The predicted molar refractivity (Wildman–Crippen MR) is 255 cm³/mol. The number of nitrogens with one attached hydrogen (secondary N) is 1. The third kappa shape index (κ3) is 31.5. The first kappa shape index (κ1) is 58.6. The van der Waals surface area contributed by atoms with E-state index >= 15 is 0 Å². The fourth-order valence-corrected chi connectivity index (χ4v) is 8.38. The van der Waals surface area contributed by atoms with Crippen molar-refractivity contribution in [2.75, 3.05) is 13.2 Å². The molecule has 366 valence electrons. The number of hydrogen-bond donors (Lipinski definition) is 7. The number of hydrogen-bond acceptors (Lipinski definition) is 9. The number of carbonyl (C=O) groups is 1. The number of allylic oxidation sites excluding steroid dienone is 4. The highest BCUT2D eigenvalue weighted by Gasteiger charge is 2.44. The van der Waals surface area contributed by atoms with Crippen LogP contribution in [0.25, 0.3) is 0 Å². The van der Waals surface area contributed by atoms with Gasteiger partial charge in [-0.1, -0.05) is 218 Å². The molecule has 0 spiro atoms. The lowest BCUT2D eigenvalue weighted by molar-refractivity contribution is -0.302. The van der Waals surface area contributed by atoms with Crippen LogP contribution in [0.1, 0.15) is 239 Å². The van der Waals surface area contributed by atoms with E-state index in [4.69, 9.17) is 9.47 Å². The average Bonchev–Trinajstić information content (AvgIpc) is 3.27. The van der Waals surface area contributed by atoms with Crippen molar-refractivity contribution in [1.82, 2.24) is 5.32 Å². The highest BCUT2D eigenvalue weighted by molar-refractivity contribution is 5.80. The molecule has 7 N–H and O–H groups in total. The van der Waals surface area contributed by atoms with Gasteiger partial charge in [-0.15, -0.1) is 0 Å². The second kappa shape index (κ2) is 42.3. The molecule has 0 aromatic carbocycles. The summed E-state index contributed by atoms with van der Waals surface area (Å²) in [6.45, 7) is 3.66. The first-order valence-electron chi connectivity index (χ1n) is 26.1. The Kier molecular flexibility index (Phi) is 40.0. The minimum atomic E-state index is -1.60. The fraction of sp³-hybridized carbons (Fsp3) is 0.904.